The molecule has 0 unspecified atom stereocenters. The normalized spacial score (nSPS) is 15.6. The highest BCUT2D eigenvalue weighted by atomic mass is 28.4. The van der Waals surface area contributed by atoms with Gasteiger partial charge in [0.2, 0.25) is 0 Å². The van der Waals surface area contributed by atoms with Gasteiger partial charge in [-0.2, -0.15) is 0 Å². The highest BCUT2D eigenvalue weighted by Gasteiger charge is 2.44. The summed E-state index contributed by atoms with van der Waals surface area (Å²) >= 11 is 0. The lowest BCUT2D eigenvalue weighted by atomic mass is 10.0. The average Bonchev–Trinajstić information content (AvgIpc) is 2.62. The number of hydrogen-bond donors (Lipinski definition) is 0. The van der Waals surface area contributed by atoms with Crippen LogP contribution in [0.3, 0.4) is 0 Å². The van der Waals surface area contributed by atoms with Crippen molar-refractivity contribution in [2.75, 3.05) is 6.61 Å². The van der Waals surface area contributed by atoms with Gasteiger partial charge in [0.05, 0.1) is 18.8 Å². The molecule has 0 N–H and O–H groups in total. The SMILES string of the molecule is CCOC(=O)CCCCC[C@H](O[Si](C)(C)C(C)(C)C)[C@@H](/C=C/C=O)O[Si](C)(C)C(C)(C)C. The van der Waals surface area contributed by atoms with Crippen molar-refractivity contribution in [2.24, 2.45) is 0 Å². The van der Waals surface area contributed by atoms with Crippen molar-refractivity contribution in [1.29, 1.82) is 0 Å². The van der Waals surface area contributed by atoms with E-state index < -0.39 is 16.6 Å². The smallest absolute Gasteiger partial charge is 0.305 e. The molecule has 0 rings (SSSR count). The second kappa shape index (κ2) is 13.2. The third-order valence-corrected chi connectivity index (χ3v) is 15.9. The topological polar surface area (TPSA) is 61.8 Å². The molecule has 188 valence electrons. The number of esters is 1. The van der Waals surface area contributed by atoms with Crippen LogP contribution in [0.25, 0.3) is 0 Å². The van der Waals surface area contributed by atoms with Gasteiger partial charge >= 0.3 is 5.97 Å². The fourth-order valence-corrected chi connectivity index (χ4v) is 5.41. The van der Waals surface area contributed by atoms with E-state index in [1.54, 1.807) is 6.08 Å². The third-order valence-electron chi connectivity index (χ3n) is 6.91. The van der Waals surface area contributed by atoms with Gasteiger partial charge in [-0.25, -0.2) is 0 Å². The Hall–Kier alpha value is -0.766. The molecule has 0 aliphatic rings. The average molecular weight is 487 g/mol. The highest BCUT2D eigenvalue weighted by molar-refractivity contribution is 6.74. The Morgan fingerprint density at radius 2 is 1.41 bits per heavy atom. The first-order valence-corrected chi connectivity index (χ1v) is 17.9. The molecule has 0 heterocycles. The van der Waals surface area contributed by atoms with Gasteiger partial charge in [-0.05, 0) is 62.1 Å². The van der Waals surface area contributed by atoms with E-state index in [-0.39, 0.29) is 28.3 Å². The summed E-state index contributed by atoms with van der Waals surface area (Å²) in [4.78, 5) is 22.8. The summed E-state index contributed by atoms with van der Waals surface area (Å²) in [5.74, 6) is -0.130. The number of carbonyl (C=O) groups excluding carboxylic acids is 2. The monoisotopic (exact) mass is 486 g/mol. The molecule has 0 bridgehead atoms. The summed E-state index contributed by atoms with van der Waals surface area (Å²) in [6.07, 6.45) is 7.81. The Labute approximate surface area is 199 Å². The number of allylic oxidation sites excluding steroid dienone is 1. The molecule has 0 saturated heterocycles. The van der Waals surface area contributed by atoms with Crippen molar-refractivity contribution in [1.82, 2.24) is 0 Å². The predicted octanol–water partition coefficient (Wildman–Crippen LogP) is 7.04. The predicted molar refractivity (Wildman–Crippen MR) is 139 cm³/mol. The summed E-state index contributed by atoms with van der Waals surface area (Å²) in [5, 5.41) is 0.131. The van der Waals surface area contributed by atoms with Crippen molar-refractivity contribution >= 4 is 28.9 Å². The lowest BCUT2D eigenvalue weighted by Gasteiger charge is -2.44. The molecule has 0 aliphatic carbocycles. The van der Waals surface area contributed by atoms with Gasteiger partial charge in [-0.1, -0.05) is 60.5 Å². The van der Waals surface area contributed by atoms with Crippen molar-refractivity contribution in [3.05, 3.63) is 12.2 Å². The molecule has 0 radical (unpaired) electrons. The zero-order chi connectivity index (χ0) is 25.2. The second-order valence-electron chi connectivity index (χ2n) is 11.7. The van der Waals surface area contributed by atoms with Gasteiger partial charge in [0.1, 0.15) is 6.29 Å². The molecule has 0 aromatic rings. The van der Waals surface area contributed by atoms with Crippen molar-refractivity contribution < 1.29 is 23.2 Å². The molecule has 0 amide bonds. The highest BCUT2D eigenvalue weighted by Crippen LogP contribution is 2.41. The minimum absolute atomic E-state index is 0.0570. The minimum atomic E-state index is -2.07. The first-order chi connectivity index (χ1) is 14.5. The van der Waals surface area contributed by atoms with E-state index in [1.165, 1.54) is 0 Å². The van der Waals surface area contributed by atoms with Crippen LogP contribution in [0.2, 0.25) is 36.3 Å². The summed E-state index contributed by atoms with van der Waals surface area (Å²) in [6.45, 7) is 24.6. The maximum Gasteiger partial charge on any atom is 0.305 e. The number of ether oxygens (including phenoxy) is 1. The maximum atomic E-state index is 11.6. The molecular formula is C25H50O5Si2. The fraction of sp³-hybridized carbons (Fsp3) is 0.840. The maximum absolute atomic E-state index is 11.6. The second-order valence-corrected chi connectivity index (χ2v) is 21.2. The van der Waals surface area contributed by atoms with Crippen LogP contribution in [-0.2, 0) is 23.2 Å². The van der Waals surface area contributed by atoms with Crippen LogP contribution in [-0.4, -0.2) is 47.7 Å². The molecule has 0 fully saturated rings. The van der Waals surface area contributed by atoms with E-state index in [1.807, 2.05) is 13.0 Å². The first-order valence-electron chi connectivity index (χ1n) is 12.1. The number of hydrogen-bond acceptors (Lipinski definition) is 5. The number of rotatable bonds is 14. The first kappa shape index (κ1) is 31.2. The molecule has 0 aromatic carbocycles. The van der Waals surface area contributed by atoms with Crippen molar-refractivity contribution in [3.8, 4) is 0 Å². The van der Waals surface area contributed by atoms with Crippen LogP contribution in [0.5, 0.6) is 0 Å². The van der Waals surface area contributed by atoms with Gasteiger partial charge < -0.3 is 13.6 Å². The molecule has 0 aliphatic heterocycles. The Morgan fingerprint density at radius 1 is 0.875 bits per heavy atom. The summed E-state index contributed by atoms with van der Waals surface area (Å²) in [5.41, 5.74) is 0. The number of carbonyl (C=O) groups is 2. The van der Waals surface area contributed by atoms with Gasteiger partial charge in [0.15, 0.2) is 16.6 Å². The zero-order valence-corrected chi connectivity index (χ0v) is 24.7. The van der Waals surface area contributed by atoms with Gasteiger partial charge in [-0.15, -0.1) is 0 Å². The molecule has 0 saturated carbocycles. The van der Waals surface area contributed by atoms with Crippen LogP contribution < -0.4 is 0 Å². The van der Waals surface area contributed by atoms with E-state index in [0.29, 0.717) is 13.0 Å². The Kier molecular flexibility index (Phi) is 12.9. The number of unbranched alkanes of at least 4 members (excludes halogenated alkanes) is 2. The van der Waals surface area contributed by atoms with E-state index in [0.717, 1.165) is 32.0 Å². The molecule has 7 heteroatoms. The largest absolute Gasteiger partial charge is 0.466 e. The molecule has 0 spiro atoms. The molecular weight excluding hydrogens is 436 g/mol. The van der Waals surface area contributed by atoms with Crippen LogP contribution in [0.4, 0.5) is 0 Å². The Morgan fingerprint density at radius 3 is 1.88 bits per heavy atom. The van der Waals surface area contributed by atoms with Crippen molar-refractivity contribution in [2.45, 2.75) is 129 Å². The summed E-state index contributed by atoms with van der Waals surface area (Å²) in [7, 11) is -4.12. The summed E-state index contributed by atoms with van der Waals surface area (Å²) < 4.78 is 18.7. The van der Waals surface area contributed by atoms with Crippen LogP contribution in [0.1, 0.15) is 80.6 Å². The molecule has 32 heavy (non-hydrogen) atoms. The van der Waals surface area contributed by atoms with E-state index in [2.05, 4.69) is 67.7 Å². The van der Waals surface area contributed by atoms with Crippen LogP contribution >= 0.6 is 0 Å². The van der Waals surface area contributed by atoms with E-state index in [4.69, 9.17) is 13.6 Å². The van der Waals surface area contributed by atoms with Gasteiger partial charge in [0, 0.05) is 6.42 Å². The molecule has 2 atom stereocenters. The van der Waals surface area contributed by atoms with Crippen LogP contribution in [0.15, 0.2) is 12.2 Å². The Bertz CT molecular complexity index is 600. The third kappa shape index (κ3) is 10.9. The van der Waals surface area contributed by atoms with Gasteiger partial charge in [0.25, 0.3) is 0 Å². The number of aldehydes is 1. The van der Waals surface area contributed by atoms with Gasteiger partial charge in [-0.3, -0.25) is 9.59 Å². The lowest BCUT2D eigenvalue weighted by Crippen LogP contribution is -2.51. The van der Waals surface area contributed by atoms with E-state index >= 15 is 0 Å². The lowest BCUT2D eigenvalue weighted by molar-refractivity contribution is -0.143. The minimum Gasteiger partial charge on any atom is -0.466 e. The van der Waals surface area contributed by atoms with E-state index in [9.17, 15) is 9.59 Å². The Balaban J connectivity index is 5.58. The quantitative estimate of drug-likeness (QED) is 0.0866. The van der Waals surface area contributed by atoms with Crippen molar-refractivity contribution in [3.63, 3.8) is 0 Å². The standard InChI is InChI=1S/C25H50O5Si2/c1-12-28-23(27)19-15-13-14-17-21(29-31(8,9)24(2,3)4)22(18-16-20-26)30-32(10,11)25(5,6)7/h16,18,20-22H,12-15,17,19H2,1-11H3/b18-16+/t21-,22+/m0/s1. The van der Waals surface area contributed by atoms with Crippen LogP contribution in [0, 0.1) is 0 Å². The fourth-order valence-electron chi connectivity index (χ4n) is 2.78. The zero-order valence-electron chi connectivity index (χ0n) is 22.7. The summed E-state index contributed by atoms with van der Waals surface area (Å²) in [6, 6.07) is 0. The molecule has 5 nitrogen and oxygen atoms in total. The molecule has 0 aromatic heterocycles.